The molecule has 0 unspecified atom stereocenters. The van der Waals surface area contributed by atoms with Gasteiger partial charge in [0.1, 0.15) is 0 Å². The highest BCUT2D eigenvalue weighted by Gasteiger charge is 2.16. The van der Waals surface area contributed by atoms with Crippen LogP contribution in [-0.2, 0) is 4.79 Å². The normalized spacial score (nSPS) is 22.9. The van der Waals surface area contributed by atoms with Gasteiger partial charge in [-0.15, -0.1) is 11.8 Å². The lowest BCUT2D eigenvalue weighted by molar-refractivity contribution is -0.117. The van der Waals surface area contributed by atoms with Gasteiger partial charge in [-0.25, -0.2) is 0 Å². The van der Waals surface area contributed by atoms with Gasteiger partial charge >= 0.3 is 0 Å². The fourth-order valence-electron chi connectivity index (χ4n) is 0.956. The van der Waals surface area contributed by atoms with E-state index >= 15 is 0 Å². The summed E-state index contributed by atoms with van der Waals surface area (Å²) in [6.45, 7) is 7.20. The third kappa shape index (κ3) is 2.63. The molecule has 0 aromatic heterocycles. The van der Waals surface area contributed by atoms with E-state index in [-0.39, 0.29) is 5.91 Å². The Morgan fingerprint density at radius 3 is 2.62 bits per heavy atom. The van der Waals surface area contributed by atoms with Gasteiger partial charge in [0, 0.05) is 4.91 Å². The summed E-state index contributed by atoms with van der Waals surface area (Å²) >= 11 is 1.51. The molecule has 13 heavy (non-hydrogen) atoms. The molecule has 1 aliphatic heterocycles. The topological polar surface area (TPSA) is 29.1 Å². The summed E-state index contributed by atoms with van der Waals surface area (Å²) < 4.78 is 0. The minimum atomic E-state index is 0.0271. The summed E-state index contributed by atoms with van der Waals surface area (Å²) in [7, 11) is 0. The Hall–Kier alpha value is -1.22. The Balaban J connectivity index is 2.90. The van der Waals surface area contributed by atoms with Crippen molar-refractivity contribution < 1.29 is 4.79 Å². The van der Waals surface area contributed by atoms with Gasteiger partial charge in [-0.05, 0) is 12.2 Å². The Morgan fingerprint density at radius 2 is 2.00 bits per heavy atom. The first-order valence-corrected chi connectivity index (χ1v) is 4.85. The summed E-state index contributed by atoms with van der Waals surface area (Å²) in [4.78, 5) is 12.1. The summed E-state index contributed by atoms with van der Waals surface area (Å²) in [5, 5.41) is 2.77. The molecule has 0 bridgehead atoms. The summed E-state index contributed by atoms with van der Waals surface area (Å²) in [6, 6.07) is 0. The van der Waals surface area contributed by atoms with Crippen molar-refractivity contribution in [3.8, 4) is 0 Å². The zero-order valence-corrected chi connectivity index (χ0v) is 8.06. The van der Waals surface area contributed by atoms with Crippen molar-refractivity contribution in [1.29, 1.82) is 0 Å². The van der Waals surface area contributed by atoms with E-state index in [1.807, 2.05) is 6.08 Å². The summed E-state index contributed by atoms with van der Waals surface area (Å²) in [5.41, 5.74) is 0.802. The maximum atomic E-state index is 11.0. The van der Waals surface area contributed by atoms with Gasteiger partial charge in [0.2, 0.25) is 5.91 Å². The number of thioether (sulfide) groups is 1. The molecular weight excluding hydrogens is 182 g/mol. The van der Waals surface area contributed by atoms with Crippen LogP contribution in [0.1, 0.15) is 0 Å². The molecule has 0 atom stereocenters. The molecule has 1 aliphatic rings. The van der Waals surface area contributed by atoms with Crippen LogP contribution in [0.4, 0.5) is 0 Å². The molecule has 1 heterocycles. The number of carbonyl (C=O) groups excluding carboxylic acids is 1. The smallest absolute Gasteiger partial charge is 0.234 e. The van der Waals surface area contributed by atoms with Crippen LogP contribution in [0.3, 0.4) is 0 Å². The van der Waals surface area contributed by atoms with Gasteiger partial charge in [-0.1, -0.05) is 25.3 Å². The van der Waals surface area contributed by atoms with Crippen LogP contribution in [0.5, 0.6) is 0 Å². The van der Waals surface area contributed by atoms with Crippen molar-refractivity contribution in [1.82, 2.24) is 5.32 Å². The Bertz CT molecular complexity index is 302. The highest BCUT2D eigenvalue weighted by Crippen LogP contribution is 2.26. The second-order valence-electron chi connectivity index (χ2n) is 2.42. The molecule has 0 aromatic carbocycles. The summed E-state index contributed by atoms with van der Waals surface area (Å²) in [6.07, 6.45) is 7.01. The molecule has 1 rings (SSSR count). The van der Waals surface area contributed by atoms with Gasteiger partial charge in [0.25, 0.3) is 0 Å². The van der Waals surface area contributed by atoms with Crippen LogP contribution in [0, 0.1) is 0 Å². The van der Waals surface area contributed by atoms with Crippen LogP contribution < -0.4 is 5.32 Å². The average molecular weight is 193 g/mol. The fraction of sp³-hybridized carbons (Fsp3) is 0.100. The van der Waals surface area contributed by atoms with E-state index in [0.29, 0.717) is 5.75 Å². The first-order chi connectivity index (χ1) is 6.27. The average Bonchev–Trinajstić information content (AvgIpc) is 2.10. The molecule has 1 fully saturated rings. The predicted octanol–water partition coefficient (Wildman–Crippen LogP) is 1.99. The van der Waals surface area contributed by atoms with E-state index in [0.717, 1.165) is 10.6 Å². The van der Waals surface area contributed by atoms with Gasteiger partial charge in [-0.3, -0.25) is 4.79 Å². The van der Waals surface area contributed by atoms with Crippen LogP contribution >= 0.6 is 11.8 Å². The minimum absolute atomic E-state index is 0.0271. The monoisotopic (exact) mass is 193 g/mol. The molecular formula is C10H11NOS. The molecule has 0 aromatic rings. The fourth-order valence-corrected chi connectivity index (χ4v) is 1.78. The maximum absolute atomic E-state index is 11.0. The van der Waals surface area contributed by atoms with Crippen LogP contribution in [0.25, 0.3) is 0 Å². The van der Waals surface area contributed by atoms with Crippen molar-refractivity contribution in [2.45, 2.75) is 0 Å². The lowest BCUT2D eigenvalue weighted by Gasteiger charge is -2.17. The second-order valence-corrected chi connectivity index (χ2v) is 3.44. The van der Waals surface area contributed by atoms with Crippen molar-refractivity contribution in [2.24, 2.45) is 0 Å². The molecule has 0 radical (unpaired) electrons. The number of hydrogen-bond donors (Lipinski definition) is 1. The van der Waals surface area contributed by atoms with Gasteiger partial charge in [0.05, 0.1) is 11.4 Å². The molecule has 1 saturated heterocycles. The van der Waals surface area contributed by atoms with E-state index in [1.165, 1.54) is 11.8 Å². The third-order valence-corrected chi connectivity index (χ3v) is 2.53. The van der Waals surface area contributed by atoms with Crippen molar-refractivity contribution in [2.75, 3.05) is 5.75 Å². The molecule has 0 spiro atoms. The number of carbonyl (C=O) groups is 1. The number of nitrogens with one attached hydrogen (secondary N) is 1. The molecule has 3 heteroatoms. The van der Waals surface area contributed by atoms with E-state index in [4.69, 9.17) is 0 Å². The number of hydrogen-bond acceptors (Lipinski definition) is 2. The quantitative estimate of drug-likeness (QED) is 0.726. The maximum Gasteiger partial charge on any atom is 0.234 e. The first kappa shape index (κ1) is 9.86. The first-order valence-electron chi connectivity index (χ1n) is 3.86. The number of rotatable bonds is 2. The minimum Gasteiger partial charge on any atom is -0.324 e. The number of amides is 1. The molecule has 2 nitrogen and oxygen atoms in total. The van der Waals surface area contributed by atoms with E-state index in [9.17, 15) is 4.79 Å². The Morgan fingerprint density at radius 1 is 1.31 bits per heavy atom. The van der Waals surface area contributed by atoms with Crippen molar-refractivity contribution in [3.63, 3.8) is 0 Å². The third-order valence-electron chi connectivity index (χ3n) is 1.45. The van der Waals surface area contributed by atoms with Crippen molar-refractivity contribution >= 4 is 17.7 Å². The highest BCUT2D eigenvalue weighted by atomic mass is 32.2. The zero-order chi connectivity index (χ0) is 9.68. The lowest BCUT2D eigenvalue weighted by atomic mass is 10.3. The van der Waals surface area contributed by atoms with Crippen LogP contribution in [0.15, 0.2) is 48.1 Å². The van der Waals surface area contributed by atoms with E-state index < -0.39 is 0 Å². The summed E-state index contributed by atoms with van der Waals surface area (Å²) in [5.74, 6) is 0.494. The largest absolute Gasteiger partial charge is 0.324 e. The van der Waals surface area contributed by atoms with Crippen LogP contribution in [-0.4, -0.2) is 11.7 Å². The Labute approximate surface area is 82.1 Å². The highest BCUT2D eigenvalue weighted by molar-refractivity contribution is 8.04. The Kier molecular flexibility index (Phi) is 3.58. The zero-order valence-electron chi connectivity index (χ0n) is 7.25. The SMILES string of the molecule is C=C/C=C1/NC(=O)CS/C1=C/C=C. The molecule has 0 aliphatic carbocycles. The van der Waals surface area contributed by atoms with Gasteiger partial charge < -0.3 is 5.32 Å². The van der Waals surface area contributed by atoms with Gasteiger partial charge in [0.15, 0.2) is 0 Å². The number of allylic oxidation sites excluding steroid dienone is 4. The van der Waals surface area contributed by atoms with E-state index in [1.54, 1.807) is 18.2 Å². The second kappa shape index (κ2) is 4.72. The predicted molar refractivity (Wildman–Crippen MR) is 57.2 cm³/mol. The van der Waals surface area contributed by atoms with Crippen LogP contribution in [0.2, 0.25) is 0 Å². The standard InChI is InChI=1S/C10H11NOS/c1-3-5-8-9(6-4-2)13-7-10(12)11-8/h3-6H,1-2,7H2,(H,11,12)/b8-5+,9-6+. The molecule has 1 N–H and O–H groups in total. The molecule has 68 valence electrons. The molecule has 0 saturated carbocycles. The van der Waals surface area contributed by atoms with Crippen molar-refractivity contribution in [3.05, 3.63) is 48.1 Å². The van der Waals surface area contributed by atoms with Gasteiger partial charge in [-0.2, -0.15) is 0 Å². The molecule has 1 amide bonds. The lowest BCUT2D eigenvalue weighted by Crippen LogP contribution is -2.29. The van der Waals surface area contributed by atoms with E-state index in [2.05, 4.69) is 18.5 Å².